The summed E-state index contributed by atoms with van der Waals surface area (Å²) in [5.74, 6) is 0.119. The van der Waals surface area contributed by atoms with Crippen LogP contribution in [0.15, 0.2) is 36.4 Å². The molecule has 2 aromatic rings. The highest BCUT2D eigenvalue weighted by Crippen LogP contribution is 2.32. The number of halogens is 2. The van der Waals surface area contributed by atoms with Gasteiger partial charge >= 0.3 is 0 Å². The fourth-order valence-corrected chi connectivity index (χ4v) is 3.11. The highest BCUT2D eigenvalue weighted by molar-refractivity contribution is 14.1. The van der Waals surface area contributed by atoms with Gasteiger partial charge in [-0.1, -0.05) is 29.8 Å². The minimum Gasteiger partial charge on any atom is -0.320 e. The SMILES string of the molecule is CN1C(=O)Cc2cc(C(N)c3ccc(I)c(Cl)c3)ccc21. The maximum Gasteiger partial charge on any atom is 0.231 e. The molecule has 0 saturated heterocycles. The Morgan fingerprint density at radius 3 is 2.62 bits per heavy atom. The topological polar surface area (TPSA) is 46.3 Å². The third-order valence-corrected chi connectivity index (χ3v) is 5.41. The fourth-order valence-electron chi connectivity index (χ4n) is 2.58. The monoisotopic (exact) mass is 412 g/mol. The second kappa shape index (κ2) is 5.59. The van der Waals surface area contributed by atoms with Crippen LogP contribution in [0.2, 0.25) is 5.02 Å². The molecule has 0 fully saturated rings. The van der Waals surface area contributed by atoms with Crippen molar-refractivity contribution in [2.75, 3.05) is 11.9 Å². The number of carbonyl (C=O) groups is 1. The highest BCUT2D eigenvalue weighted by Gasteiger charge is 2.24. The number of likely N-dealkylation sites (N-methyl/N-ethyl adjacent to an activating group) is 1. The summed E-state index contributed by atoms with van der Waals surface area (Å²) >= 11 is 8.35. The summed E-state index contributed by atoms with van der Waals surface area (Å²) in [4.78, 5) is 13.4. The van der Waals surface area contributed by atoms with Gasteiger partial charge in [0.1, 0.15) is 0 Å². The van der Waals surface area contributed by atoms with Gasteiger partial charge in [-0.15, -0.1) is 0 Å². The number of anilines is 1. The molecule has 2 aromatic carbocycles. The summed E-state index contributed by atoms with van der Waals surface area (Å²) in [6.45, 7) is 0. The third kappa shape index (κ3) is 2.67. The average molecular weight is 413 g/mol. The first-order chi connectivity index (χ1) is 9.97. The van der Waals surface area contributed by atoms with Crippen LogP contribution in [0.4, 0.5) is 5.69 Å². The predicted octanol–water partition coefficient (Wildman–Crippen LogP) is 3.51. The molecule has 1 atom stereocenters. The molecule has 1 amide bonds. The number of amides is 1. The van der Waals surface area contributed by atoms with Gasteiger partial charge in [0.2, 0.25) is 5.91 Å². The van der Waals surface area contributed by atoms with E-state index in [4.69, 9.17) is 17.3 Å². The molecule has 3 nitrogen and oxygen atoms in total. The Labute approximate surface area is 142 Å². The summed E-state index contributed by atoms with van der Waals surface area (Å²) in [6, 6.07) is 11.6. The normalized spacial score (nSPS) is 15.2. The first kappa shape index (κ1) is 14.8. The lowest BCUT2D eigenvalue weighted by Gasteiger charge is -2.16. The lowest BCUT2D eigenvalue weighted by atomic mass is 9.97. The molecule has 3 rings (SSSR count). The summed E-state index contributed by atoms with van der Waals surface area (Å²) in [6.07, 6.45) is 0.444. The first-order valence-corrected chi connectivity index (χ1v) is 8.03. The number of benzene rings is 2. The van der Waals surface area contributed by atoms with Gasteiger partial charge in [0.25, 0.3) is 0 Å². The van der Waals surface area contributed by atoms with Crippen molar-refractivity contribution in [3.8, 4) is 0 Å². The van der Waals surface area contributed by atoms with E-state index in [9.17, 15) is 4.79 Å². The highest BCUT2D eigenvalue weighted by atomic mass is 127. The first-order valence-electron chi connectivity index (χ1n) is 6.57. The van der Waals surface area contributed by atoms with E-state index in [0.29, 0.717) is 11.4 Å². The Balaban J connectivity index is 1.96. The number of nitrogens with two attached hydrogens (primary N) is 1. The van der Waals surface area contributed by atoms with Gasteiger partial charge in [0.15, 0.2) is 0 Å². The number of carbonyl (C=O) groups excluding carboxylic acids is 1. The van der Waals surface area contributed by atoms with Crippen LogP contribution in [0.25, 0.3) is 0 Å². The number of hydrogen-bond acceptors (Lipinski definition) is 2. The van der Waals surface area contributed by atoms with E-state index in [1.165, 1.54) is 0 Å². The van der Waals surface area contributed by atoms with Gasteiger partial charge in [-0.25, -0.2) is 0 Å². The maximum absolute atomic E-state index is 11.7. The summed E-state index contributed by atoms with van der Waals surface area (Å²) < 4.78 is 1.01. The quantitative estimate of drug-likeness (QED) is 0.767. The van der Waals surface area contributed by atoms with Gasteiger partial charge in [0, 0.05) is 16.3 Å². The Morgan fingerprint density at radius 2 is 1.90 bits per heavy atom. The standard InChI is InChI=1S/C16H14ClIN2O/c1-20-14-5-3-9(6-11(14)8-15(20)21)16(19)10-2-4-13(18)12(17)7-10/h2-7,16H,8,19H2,1H3. The average Bonchev–Trinajstić information content (AvgIpc) is 2.76. The number of nitrogens with zero attached hydrogens (tertiary/aromatic N) is 1. The van der Waals surface area contributed by atoms with Crippen molar-refractivity contribution in [2.45, 2.75) is 12.5 Å². The van der Waals surface area contributed by atoms with Crippen molar-refractivity contribution < 1.29 is 4.79 Å². The van der Waals surface area contributed by atoms with Crippen molar-refractivity contribution in [3.05, 3.63) is 61.7 Å². The minimum atomic E-state index is -0.245. The molecular formula is C16H14ClIN2O. The molecule has 1 unspecified atom stereocenters. The lowest BCUT2D eigenvalue weighted by molar-refractivity contribution is -0.117. The smallest absolute Gasteiger partial charge is 0.231 e. The third-order valence-electron chi connectivity index (χ3n) is 3.84. The van der Waals surface area contributed by atoms with Crippen molar-refractivity contribution in [3.63, 3.8) is 0 Å². The van der Waals surface area contributed by atoms with E-state index in [-0.39, 0.29) is 11.9 Å². The molecule has 5 heteroatoms. The van der Waals surface area contributed by atoms with E-state index < -0.39 is 0 Å². The summed E-state index contributed by atoms with van der Waals surface area (Å²) in [7, 11) is 1.80. The molecule has 0 aliphatic carbocycles. The fraction of sp³-hybridized carbons (Fsp3) is 0.188. The summed E-state index contributed by atoms with van der Waals surface area (Å²) in [5.41, 5.74) is 10.3. The predicted molar refractivity (Wildman–Crippen MR) is 93.8 cm³/mol. The van der Waals surface area contributed by atoms with Crippen molar-refractivity contribution in [1.82, 2.24) is 0 Å². The minimum absolute atomic E-state index is 0.119. The van der Waals surface area contributed by atoms with Gasteiger partial charge in [0.05, 0.1) is 17.5 Å². The van der Waals surface area contributed by atoms with Crippen LogP contribution in [-0.4, -0.2) is 13.0 Å². The van der Waals surface area contributed by atoms with Gasteiger partial charge in [-0.05, 0) is 57.5 Å². The van der Waals surface area contributed by atoms with Crippen molar-refractivity contribution in [1.29, 1.82) is 0 Å². The molecule has 1 heterocycles. The number of hydrogen-bond donors (Lipinski definition) is 1. The molecule has 21 heavy (non-hydrogen) atoms. The van der Waals surface area contributed by atoms with Crippen molar-refractivity contribution in [2.24, 2.45) is 5.73 Å². The molecule has 1 aliphatic heterocycles. The van der Waals surface area contributed by atoms with Crippen LogP contribution < -0.4 is 10.6 Å². The van der Waals surface area contributed by atoms with Gasteiger partial charge < -0.3 is 10.6 Å². The van der Waals surface area contributed by atoms with Gasteiger partial charge in [-0.3, -0.25) is 4.79 Å². The van der Waals surface area contributed by atoms with E-state index in [1.54, 1.807) is 11.9 Å². The van der Waals surface area contributed by atoms with Crippen molar-refractivity contribution >= 4 is 45.8 Å². The van der Waals surface area contributed by atoms with Crippen LogP contribution in [0.5, 0.6) is 0 Å². The van der Waals surface area contributed by atoms with Gasteiger partial charge in [-0.2, -0.15) is 0 Å². The molecule has 0 spiro atoms. The zero-order valence-corrected chi connectivity index (χ0v) is 14.4. The molecule has 108 valence electrons. The zero-order chi connectivity index (χ0) is 15.1. The summed E-state index contributed by atoms with van der Waals surface area (Å²) in [5, 5.41) is 0.708. The van der Waals surface area contributed by atoms with Crippen LogP contribution in [0.1, 0.15) is 22.7 Å². The van der Waals surface area contributed by atoms with E-state index in [0.717, 1.165) is 25.9 Å². The number of fused-ring (bicyclic) bond motifs is 1. The Bertz CT molecular complexity index is 732. The lowest BCUT2D eigenvalue weighted by Crippen LogP contribution is -2.20. The molecular weight excluding hydrogens is 399 g/mol. The second-order valence-electron chi connectivity index (χ2n) is 5.17. The maximum atomic E-state index is 11.7. The molecule has 0 bridgehead atoms. The second-order valence-corrected chi connectivity index (χ2v) is 6.74. The number of rotatable bonds is 2. The Morgan fingerprint density at radius 1 is 1.24 bits per heavy atom. The van der Waals surface area contributed by atoms with Crippen LogP contribution >= 0.6 is 34.2 Å². The Hall–Kier alpha value is -1.11. The molecule has 0 aromatic heterocycles. The largest absolute Gasteiger partial charge is 0.320 e. The molecule has 1 aliphatic rings. The van der Waals surface area contributed by atoms with Crippen LogP contribution in [-0.2, 0) is 11.2 Å². The van der Waals surface area contributed by atoms with Crippen LogP contribution in [0, 0.1) is 3.57 Å². The Kier molecular flexibility index (Phi) is 3.94. The molecule has 0 radical (unpaired) electrons. The van der Waals surface area contributed by atoms with E-state index >= 15 is 0 Å². The van der Waals surface area contributed by atoms with E-state index in [2.05, 4.69) is 22.6 Å². The molecule has 0 saturated carbocycles. The molecule has 2 N–H and O–H groups in total. The van der Waals surface area contributed by atoms with Crippen LogP contribution in [0.3, 0.4) is 0 Å². The zero-order valence-electron chi connectivity index (χ0n) is 11.4. The van der Waals surface area contributed by atoms with E-state index in [1.807, 2.05) is 36.4 Å².